The van der Waals surface area contributed by atoms with E-state index in [2.05, 4.69) is 0 Å². The van der Waals surface area contributed by atoms with Crippen LogP contribution in [0.15, 0.2) is 60.7 Å². The number of carboxylic acid groups (broad SMARTS) is 1. The van der Waals surface area contributed by atoms with Crippen LogP contribution in [-0.4, -0.2) is 20.9 Å². The van der Waals surface area contributed by atoms with Gasteiger partial charge in [-0.05, 0) is 11.1 Å². The third-order valence-corrected chi connectivity index (χ3v) is 4.71. The molecule has 0 saturated carbocycles. The normalized spacial score (nSPS) is 11.5. The van der Waals surface area contributed by atoms with E-state index in [9.17, 15) is 24.3 Å². The van der Waals surface area contributed by atoms with E-state index < -0.39 is 18.7 Å². The maximum atomic E-state index is 12.0. The van der Waals surface area contributed by atoms with Crippen molar-refractivity contribution >= 4 is 13.6 Å². The fourth-order valence-electron chi connectivity index (χ4n) is 2.23. The second-order valence-corrected chi connectivity index (χ2v) is 6.05. The monoisotopic (exact) mass is 398 g/mol. The maximum absolute atomic E-state index is 12.0. The van der Waals surface area contributed by atoms with E-state index in [4.69, 9.17) is 0 Å². The van der Waals surface area contributed by atoms with Crippen LogP contribution in [-0.2, 0) is 34.9 Å². The van der Waals surface area contributed by atoms with E-state index in [0.717, 1.165) is 0 Å². The van der Waals surface area contributed by atoms with Gasteiger partial charge in [-0.25, -0.2) is 0 Å². The Kier molecular flexibility index (Phi) is 5.63. The quantitative estimate of drug-likeness (QED) is 0.542. The van der Waals surface area contributed by atoms with Crippen molar-refractivity contribution in [1.82, 2.24) is 0 Å². The Bertz CT molecular complexity index is 614. The zero-order chi connectivity index (χ0) is 14.8. The number of carbonyl (C=O) groups is 1. The second-order valence-electron chi connectivity index (χ2n) is 4.29. The minimum Gasteiger partial charge on any atom is -0.480 e. The van der Waals surface area contributed by atoms with Crippen LogP contribution in [0, 0.1) is 0 Å². The molecule has 0 amide bonds. The van der Waals surface area contributed by atoms with E-state index in [1.165, 1.54) is 24.3 Å². The van der Waals surface area contributed by atoms with Gasteiger partial charge in [0.15, 0.2) is 0 Å². The molecule has 0 spiro atoms. The van der Waals surface area contributed by atoms with Crippen LogP contribution in [0.4, 0.5) is 0 Å². The van der Waals surface area contributed by atoms with E-state index in [1.54, 1.807) is 36.4 Å². The van der Waals surface area contributed by atoms with Gasteiger partial charge in [-0.15, -0.1) is 0 Å². The predicted molar refractivity (Wildman–Crippen MR) is 73.3 cm³/mol. The molecule has 0 bridgehead atoms. The number of carboxylic acids is 1. The zero-order valence-electron chi connectivity index (χ0n) is 10.7. The van der Waals surface area contributed by atoms with E-state index in [1.807, 2.05) is 0 Å². The van der Waals surface area contributed by atoms with Crippen LogP contribution in [0.5, 0.6) is 0 Å². The molecule has 0 radical (unpaired) electrons. The number of rotatable bonds is 4. The Morgan fingerprint density at radius 2 is 1.19 bits per heavy atom. The minimum atomic E-state index is -5.01. The largest absolute Gasteiger partial charge is 0.480 e. The molecule has 2 rings (SSSR count). The van der Waals surface area contributed by atoms with Gasteiger partial charge in [0.1, 0.15) is 0 Å². The summed E-state index contributed by atoms with van der Waals surface area (Å²) in [7, 11) is -5.01. The molecule has 2 aromatic carbocycles. The second kappa shape index (κ2) is 6.66. The first kappa shape index (κ1) is 17.8. The Balaban J connectivity index is 0.00000220. The molecular formula is C14H13O5PPd. The molecule has 21 heavy (non-hydrogen) atoms. The van der Waals surface area contributed by atoms with E-state index in [-0.39, 0.29) is 31.5 Å². The summed E-state index contributed by atoms with van der Waals surface area (Å²) in [5, 5.41) is 7.18. The molecule has 0 aliphatic carbocycles. The van der Waals surface area contributed by atoms with Gasteiger partial charge in [-0.3, -0.25) is 9.36 Å². The Labute approximate surface area is 135 Å². The van der Waals surface area contributed by atoms with Gasteiger partial charge in [0.05, 0.1) is 0 Å². The summed E-state index contributed by atoms with van der Waals surface area (Å²) in [4.78, 5) is 31.2. The standard InChI is InChI=1S/C14H13O5P.Pd/c15-13(16)14(20(17,18)19,11-7-3-1-4-8-11)12-9-5-2-6-10-12;/h1-10H,(H,15,16)(H2,17,18,19);. The van der Waals surface area contributed by atoms with E-state index >= 15 is 0 Å². The molecular weight excluding hydrogens is 386 g/mol. The van der Waals surface area contributed by atoms with Crippen molar-refractivity contribution in [3.05, 3.63) is 71.8 Å². The summed E-state index contributed by atoms with van der Waals surface area (Å²) < 4.78 is 12.0. The van der Waals surface area contributed by atoms with Crippen molar-refractivity contribution in [1.29, 1.82) is 0 Å². The predicted octanol–water partition coefficient (Wildman–Crippen LogP) is 2.19. The topological polar surface area (TPSA) is 94.8 Å². The first-order valence-electron chi connectivity index (χ1n) is 5.81. The molecule has 0 aliphatic rings. The van der Waals surface area contributed by atoms with Crippen molar-refractivity contribution in [2.24, 2.45) is 0 Å². The fraction of sp³-hybridized carbons (Fsp3) is 0.0714. The molecule has 7 heteroatoms. The molecule has 0 atom stereocenters. The van der Waals surface area contributed by atoms with Crippen molar-refractivity contribution in [3.63, 3.8) is 0 Å². The number of hydrogen-bond donors (Lipinski definition) is 3. The molecule has 5 nitrogen and oxygen atoms in total. The molecule has 0 unspecified atom stereocenters. The molecule has 0 aliphatic heterocycles. The molecule has 0 saturated heterocycles. The molecule has 114 valence electrons. The first-order valence-corrected chi connectivity index (χ1v) is 7.42. The van der Waals surface area contributed by atoms with Crippen molar-refractivity contribution < 1.29 is 44.7 Å². The fourth-order valence-corrected chi connectivity index (χ4v) is 3.45. The summed E-state index contributed by atoms with van der Waals surface area (Å²) in [6, 6.07) is 15.1. The average Bonchev–Trinajstić information content (AvgIpc) is 2.40. The van der Waals surface area contributed by atoms with Crippen molar-refractivity contribution in [2.75, 3.05) is 0 Å². The maximum Gasteiger partial charge on any atom is 0.351 e. The van der Waals surface area contributed by atoms with Crippen LogP contribution in [0.3, 0.4) is 0 Å². The third-order valence-electron chi connectivity index (χ3n) is 3.13. The summed E-state index contributed by atoms with van der Waals surface area (Å²) >= 11 is 0. The summed E-state index contributed by atoms with van der Waals surface area (Å²) in [6.07, 6.45) is 0. The molecule has 0 heterocycles. The van der Waals surface area contributed by atoms with Crippen LogP contribution in [0.2, 0.25) is 0 Å². The first-order chi connectivity index (χ1) is 9.40. The number of aliphatic carboxylic acids is 1. The van der Waals surface area contributed by atoms with Gasteiger partial charge in [-0.1, -0.05) is 60.7 Å². The smallest absolute Gasteiger partial charge is 0.351 e. The van der Waals surface area contributed by atoms with Crippen LogP contribution in [0.25, 0.3) is 0 Å². The summed E-state index contributed by atoms with van der Waals surface area (Å²) in [5.41, 5.74) is 0.0964. The molecule has 0 fully saturated rings. The van der Waals surface area contributed by atoms with Gasteiger partial charge in [0.25, 0.3) is 0 Å². The molecule has 0 aromatic heterocycles. The zero-order valence-corrected chi connectivity index (χ0v) is 13.1. The van der Waals surface area contributed by atoms with Crippen molar-refractivity contribution in [2.45, 2.75) is 5.16 Å². The van der Waals surface area contributed by atoms with Gasteiger partial charge < -0.3 is 14.9 Å². The Morgan fingerprint density at radius 1 is 0.857 bits per heavy atom. The molecule has 3 N–H and O–H groups in total. The van der Waals surface area contributed by atoms with Crippen LogP contribution >= 0.6 is 7.60 Å². The summed E-state index contributed by atoms with van der Waals surface area (Å²) in [6.45, 7) is 0. The van der Waals surface area contributed by atoms with Gasteiger partial charge in [0, 0.05) is 20.4 Å². The number of hydrogen-bond acceptors (Lipinski definition) is 2. The van der Waals surface area contributed by atoms with Crippen molar-refractivity contribution in [3.8, 4) is 0 Å². The average molecular weight is 399 g/mol. The Hall–Kier alpha value is -1.28. The Morgan fingerprint density at radius 3 is 1.43 bits per heavy atom. The third kappa shape index (κ3) is 3.01. The van der Waals surface area contributed by atoms with Gasteiger partial charge in [0.2, 0.25) is 5.16 Å². The van der Waals surface area contributed by atoms with E-state index in [0.29, 0.717) is 0 Å². The summed E-state index contributed by atoms with van der Waals surface area (Å²) in [5.74, 6) is -1.58. The van der Waals surface area contributed by atoms with Gasteiger partial charge >= 0.3 is 13.6 Å². The minimum absolute atomic E-state index is 0. The SMILES string of the molecule is O=C(O)C(c1ccccc1)(c1ccccc1)P(=O)(O)O.[Pd]. The number of benzene rings is 2. The molecule has 2 aromatic rings. The van der Waals surface area contributed by atoms with Gasteiger partial charge in [-0.2, -0.15) is 0 Å². The van der Waals surface area contributed by atoms with Crippen LogP contribution < -0.4 is 0 Å². The van der Waals surface area contributed by atoms with Crippen LogP contribution in [0.1, 0.15) is 11.1 Å².